The van der Waals surface area contributed by atoms with E-state index < -0.39 is 29.2 Å². The van der Waals surface area contributed by atoms with Gasteiger partial charge in [0.15, 0.2) is 0 Å². The summed E-state index contributed by atoms with van der Waals surface area (Å²) in [5, 5.41) is 4.51. The molecule has 20 heavy (non-hydrogen) atoms. The molecule has 3 rings (SSSR count). The average molecular weight is 273 g/mol. The molecule has 1 atom stereocenters. The first kappa shape index (κ1) is 12.2. The number of amides is 4. The zero-order chi connectivity index (χ0) is 14.5. The van der Waals surface area contributed by atoms with Crippen molar-refractivity contribution in [1.82, 2.24) is 10.2 Å². The number of hydrogen-bond acceptors (Lipinski definition) is 3. The number of terminal acetylenes is 1. The Kier molecular flexibility index (Phi) is 2.32. The molecule has 100 valence electrons. The lowest BCUT2D eigenvalue weighted by atomic mass is 9.89. The molecule has 7 heteroatoms. The number of carbonyl (C=O) groups excluding carboxylic acids is 3. The van der Waals surface area contributed by atoms with Gasteiger partial charge in [0.05, 0.1) is 6.54 Å². The molecule has 0 aromatic heterocycles. The van der Waals surface area contributed by atoms with Crippen LogP contribution in [0.25, 0.3) is 0 Å². The third-order valence-electron chi connectivity index (χ3n) is 3.40. The third-order valence-corrected chi connectivity index (χ3v) is 3.40. The first-order chi connectivity index (χ1) is 9.51. The maximum atomic E-state index is 13.4. The van der Waals surface area contributed by atoms with Gasteiger partial charge in [-0.25, -0.2) is 9.18 Å². The first-order valence-electron chi connectivity index (χ1n) is 5.70. The Hall–Kier alpha value is -2.88. The highest BCUT2D eigenvalue weighted by molar-refractivity contribution is 6.26. The van der Waals surface area contributed by atoms with Crippen LogP contribution in [-0.2, 0) is 15.1 Å². The number of nitrogens with one attached hydrogen (secondary N) is 2. The van der Waals surface area contributed by atoms with Crippen LogP contribution in [0.3, 0.4) is 0 Å². The van der Waals surface area contributed by atoms with Gasteiger partial charge in [-0.1, -0.05) is 5.92 Å². The zero-order valence-corrected chi connectivity index (χ0v) is 10.1. The van der Waals surface area contributed by atoms with Crippen LogP contribution in [0.1, 0.15) is 5.56 Å². The molecule has 4 amide bonds. The van der Waals surface area contributed by atoms with Crippen molar-refractivity contribution < 1.29 is 18.8 Å². The summed E-state index contributed by atoms with van der Waals surface area (Å²) in [6.45, 7) is -0.249. The summed E-state index contributed by atoms with van der Waals surface area (Å²) >= 11 is 0. The summed E-state index contributed by atoms with van der Waals surface area (Å²) in [6, 6.07) is 2.76. The van der Waals surface area contributed by atoms with Crippen molar-refractivity contribution in [2.75, 3.05) is 11.9 Å². The normalized spacial score (nSPS) is 23.6. The molecule has 1 fully saturated rings. The van der Waals surface area contributed by atoms with Crippen molar-refractivity contribution in [2.45, 2.75) is 5.54 Å². The Labute approximate surface area is 112 Å². The second-order valence-corrected chi connectivity index (χ2v) is 4.40. The van der Waals surface area contributed by atoms with Crippen molar-refractivity contribution in [2.24, 2.45) is 0 Å². The lowest BCUT2D eigenvalue weighted by Gasteiger charge is -2.28. The number of fused-ring (bicyclic) bond motifs is 2. The lowest BCUT2D eigenvalue weighted by molar-refractivity contribution is -0.136. The maximum Gasteiger partial charge on any atom is 0.326 e. The van der Waals surface area contributed by atoms with E-state index in [0.29, 0.717) is 0 Å². The number of nitrogens with zero attached hydrogens (tertiary/aromatic N) is 1. The van der Waals surface area contributed by atoms with Crippen LogP contribution in [0.15, 0.2) is 18.2 Å². The monoisotopic (exact) mass is 273 g/mol. The van der Waals surface area contributed by atoms with Gasteiger partial charge in [0, 0.05) is 11.3 Å². The summed E-state index contributed by atoms with van der Waals surface area (Å²) in [7, 11) is 0. The van der Waals surface area contributed by atoms with Crippen molar-refractivity contribution in [3.05, 3.63) is 29.6 Å². The summed E-state index contributed by atoms with van der Waals surface area (Å²) in [5.41, 5.74) is -1.56. The molecule has 0 saturated carbocycles. The molecule has 2 N–H and O–H groups in total. The first-order valence-corrected chi connectivity index (χ1v) is 5.70. The van der Waals surface area contributed by atoms with Crippen LogP contribution in [0.5, 0.6) is 0 Å². The number of carbonyl (C=O) groups is 3. The minimum atomic E-state index is -1.93. The Bertz CT molecular complexity index is 709. The van der Waals surface area contributed by atoms with E-state index in [1.807, 2.05) is 5.32 Å². The van der Waals surface area contributed by atoms with Gasteiger partial charge in [-0.3, -0.25) is 19.8 Å². The molecule has 6 nitrogen and oxygen atoms in total. The molecule has 0 radical (unpaired) electrons. The Morgan fingerprint density at radius 1 is 1.25 bits per heavy atom. The number of imide groups is 1. The summed E-state index contributed by atoms with van der Waals surface area (Å²) < 4.78 is 13.4. The van der Waals surface area contributed by atoms with Gasteiger partial charge in [0.1, 0.15) is 5.82 Å². The largest absolute Gasteiger partial charge is 0.326 e. The SMILES string of the molecule is C#CCN1C(=O)NC(=O)[C@@]12C(=O)Nc1ccc(F)cc12. The quantitative estimate of drug-likeness (QED) is 0.434. The van der Waals surface area contributed by atoms with Crippen molar-refractivity contribution >= 4 is 23.5 Å². The van der Waals surface area contributed by atoms with Crippen LogP contribution in [0.2, 0.25) is 0 Å². The topological polar surface area (TPSA) is 78.5 Å². The van der Waals surface area contributed by atoms with Gasteiger partial charge in [0.2, 0.25) is 5.54 Å². The number of benzene rings is 1. The van der Waals surface area contributed by atoms with E-state index >= 15 is 0 Å². The fourth-order valence-corrected chi connectivity index (χ4v) is 2.56. The highest BCUT2D eigenvalue weighted by atomic mass is 19.1. The van der Waals surface area contributed by atoms with Gasteiger partial charge in [-0.2, -0.15) is 0 Å². The summed E-state index contributed by atoms with van der Waals surface area (Å²) in [4.78, 5) is 37.1. The van der Waals surface area contributed by atoms with Crippen LogP contribution in [-0.4, -0.2) is 29.3 Å². The molecular formula is C13H8FN3O3. The van der Waals surface area contributed by atoms with E-state index in [1.165, 1.54) is 6.07 Å². The predicted octanol–water partition coefficient (Wildman–Crippen LogP) is 0.158. The van der Waals surface area contributed by atoms with Crippen molar-refractivity contribution in [3.63, 3.8) is 0 Å². The fraction of sp³-hybridized carbons (Fsp3) is 0.154. The molecule has 2 heterocycles. The van der Waals surface area contributed by atoms with Gasteiger partial charge >= 0.3 is 6.03 Å². The second-order valence-electron chi connectivity index (χ2n) is 4.40. The molecule has 1 saturated heterocycles. The third kappa shape index (κ3) is 1.25. The highest BCUT2D eigenvalue weighted by Gasteiger charge is 2.63. The van der Waals surface area contributed by atoms with E-state index in [1.54, 1.807) is 0 Å². The van der Waals surface area contributed by atoms with E-state index in [0.717, 1.165) is 17.0 Å². The predicted molar refractivity (Wildman–Crippen MR) is 65.8 cm³/mol. The molecule has 1 aromatic carbocycles. The van der Waals surface area contributed by atoms with Crippen LogP contribution in [0.4, 0.5) is 14.9 Å². The maximum absolute atomic E-state index is 13.4. The highest BCUT2D eigenvalue weighted by Crippen LogP contribution is 2.43. The van der Waals surface area contributed by atoms with Gasteiger partial charge in [0.25, 0.3) is 11.8 Å². The lowest BCUT2D eigenvalue weighted by Crippen LogP contribution is -2.52. The van der Waals surface area contributed by atoms with E-state index in [4.69, 9.17) is 6.42 Å². The number of rotatable bonds is 1. The molecule has 2 aliphatic rings. The molecule has 0 bridgehead atoms. The van der Waals surface area contributed by atoms with Crippen LogP contribution < -0.4 is 10.6 Å². The fourth-order valence-electron chi connectivity index (χ4n) is 2.56. The Morgan fingerprint density at radius 3 is 2.65 bits per heavy atom. The van der Waals surface area contributed by atoms with E-state index in [9.17, 15) is 18.8 Å². The minimum Gasteiger partial charge on any atom is -0.323 e. The van der Waals surface area contributed by atoms with Crippen LogP contribution in [0, 0.1) is 18.2 Å². The smallest absolute Gasteiger partial charge is 0.323 e. The van der Waals surface area contributed by atoms with Gasteiger partial charge in [-0.05, 0) is 18.2 Å². The van der Waals surface area contributed by atoms with Gasteiger partial charge < -0.3 is 5.32 Å². The van der Waals surface area contributed by atoms with Crippen molar-refractivity contribution in [1.29, 1.82) is 0 Å². The van der Waals surface area contributed by atoms with Gasteiger partial charge in [-0.15, -0.1) is 6.42 Å². The number of anilines is 1. The summed E-state index contributed by atoms with van der Waals surface area (Å²) in [5.74, 6) is 0.0398. The number of hydrogen-bond donors (Lipinski definition) is 2. The minimum absolute atomic E-state index is 0.0844. The number of urea groups is 1. The molecule has 2 aliphatic heterocycles. The van der Waals surface area contributed by atoms with E-state index in [-0.39, 0.29) is 17.8 Å². The van der Waals surface area contributed by atoms with E-state index in [2.05, 4.69) is 11.2 Å². The molecular weight excluding hydrogens is 265 g/mol. The van der Waals surface area contributed by atoms with Crippen LogP contribution >= 0.6 is 0 Å². The molecule has 1 spiro atoms. The molecule has 0 unspecified atom stereocenters. The molecule has 0 aliphatic carbocycles. The Morgan fingerprint density at radius 2 is 1.95 bits per heavy atom. The average Bonchev–Trinajstić information content (AvgIpc) is 2.81. The zero-order valence-electron chi connectivity index (χ0n) is 10.1. The Balaban J connectivity index is 2.28. The molecule has 1 aromatic rings. The standard InChI is InChI=1S/C13H8FN3O3/c1-2-5-17-12(20)16-11(19)13(17)8-6-7(14)3-4-9(8)15-10(13)18/h1,3-4,6H,5H2,(H,15,18)(H,16,19,20)/t13-/m1/s1. The van der Waals surface area contributed by atoms with Crippen molar-refractivity contribution in [3.8, 4) is 12.3 Å². The second kappa shape index (κ2) is 3.81. The summed E-state index contributed by atoms with van der Waals surface area (Å²) in [6.07, 6.45) is 5.17. The number of halogens is 1.